The molecule has 25 heavy (non-hydrogen) atoms. The molecule has 1 aromatic carbocycles. The maximum absolute atomic E-state index is 12.3. The summed E-state index contributed by atoms with van der Waals surface area (Å²) in [4.78, 5) is 16.7. The quantitative estimate of drug-likeness (QED) is 0.775. The number of nitrogens with zero attached hydrogens (tertiary/aromatic N) is 4. The lowest BCUT2D eigenvalue weighted by atomic mass is 10.0. The molecule has 0 aliphatic heterocycles. The molecule has 3 rings (SSSR count). The molecular weight excluding hydrogens is 314 g/mol. The van der Waals surface area contributed by atoms with E-state index in [4.69, 9.17) is 0 Å². The zero-order chi connectivity index (χ0) is 18.0. The minimum atomic E-state index is -0.0802. The third-order valence-corrected chi connectivity index (χ3v) is 4.50. The van der Waals surface area contributed by atoms with Crippen LogP contribution in [0.4, 0.5) is 5.95 Å². The molecule has 130 valence electrons. The number of nitrogens with one attached hydrogen (secondary N) is 1. The fourth-order valence-electron chi connectivity index (χ4n) is 2.77. The lowest BCUT2D eigenvalue weighted by Gasteiger charge is -2.12. The molecule has 3 aromatic rings. The number of amides is 1. The van der Waals surface area contributed by atoms with Crippen molar-refractivity contribution in [3.8, 4) is 11.3 Å². The normalized spacial score (nSPS) is 12.2. The molecule has 2 aromatic heterocycles. The topological polar surface area (TPSA) is 64.7 Å². The van der Waals surface area contributed by atoms with E-state index >= 15 is 0 Å². The van der Waals surface area contributed by atoms with E-state index < -0.39 is 0 Å². The van der Waals surface area contributed by atoms with Gasteiger partial charge in [-0.1, -0.05) is 12.1 Å². The second-order valence-electron chi connectivity index (χ2n) is 6.41. The Morgan fingerprint density at radius 3 is 2.76 bits per heavy atom. The second-order valence-corrected chi connectivity index (χ2v) is 6.41. The van der Waals surface area contributed by atoms with Crippen molar-refractivity contribution in [2.45, 2.75) is 33.2 Å². The van der Waals surface area contributed by atoms with Gasteiger partial charge in [0.15, 0.2) is 0 Å². The fourth-order valence-corrected chi connectivity index (χ4v) is 2.77. The molecular formula is C19H23N5O. The lowest BCUT2D eigenvalue weighted by Crippen LogP contribution is -2.19. The Morgan fingerprint density at radius 2 is 2.08 bits per heavy atom. The van der Waals surface area contributed by atoms with Crippen LogP contribution >= 0.6 is 0 Å². The van der Waals surface area contributed by atoms with Crippen LogP contribution in [-0.2, 0) is 11.8 Å². The van der Waals surface area contributed by atoms with Gasteiger partial charge in [-0.05, 0) is 44.0 Å². The molecule has 6 nitrogen and oxygen atoms in total. The van der Waals surface area contributed by atoms with Crippen LogP contribution < -0.4 is 5.32 Å². The van der Waals surface area contributed by atoms with Crippen LogP contribution in [0.15, 0.2) is 42.9 Å². The van der Waals surface area contributed by atoms with Crippen LogP contribution in [0.3, 0.4) is 0 Å². The number of hydrogen-bond donors (Lipinski definition) is 1. The van der Waals surface area contributed by atoms with Crippen LogP contribution in [0.2, 0.25) is 0 Å². The predicted molar refractivity (Wildman–Crippen MR) is 98.3 cm³/mol. The number of carbonyl (C=O) groups is 1. The van der Waals surface area contributed by atoms with Gasteiger partial charge in [-0.3, -0.25) is 14.8 Å². The summed E-state index contributed by atoms with van der Waals surface area (Å²) in [5.41, 5.74) is 4.55. The molecule has 0 spiro atoms. The van der Waals surface area contributed by atoms with Crippen LogP contribution in [0.5, 0.6) is 0 Å². The minimum absolute atomic E-state index is 0.00510. The highest BCUT2D eigenvalue weighted by atomic mass is 16.1. The molecule has 2 heterocycles. The number of rotatable bonds is 5. The average molecular weight is 337 g/mol. The Balaban J connectivity index is 1.72. The summed E-state index contributed by atoms with van der Waals surface area (Å²) >= 11 is 0. The van der Waals surface area contributed by atoms with Crippen LogP contribution in [0, 0.1) is 13.8 Å². The van der Waals surface area contributed by atoms with Gasteiger partial charge in [0.1, 0.15) is 0 Å². The first-order valence-electron chi connectivity index (χ1n) is 8.34. The summed E-state index contributed by atoms with van der Waals surface area (Å²) in [5, 5.41) is 7.06. The van der Waals surface area contributed by atoms with Crippen molar-refractivity contribution >= 4 is 11.9 Å². The molecule has 1 atom stereocenters. The van der Waals surface area contributed by atoms with E-state index in [0.29, 0.717) is 12.4 Å². The third kappa shape index (κ3) is 3.63. The van der Waals surface area contributed by atoms with E-state index in [2.05, 4.69) is 47.4 Å². The average Bonchev–Trinajstić information content (AvgIpc) is 3.21. The highest BCUT2D eigenvalue weighted by Crippen LogP contribution is 2.24. The Bertz CT molecular complexity index is 879. The van der Waals surface area contributed by atoms with Crippen molar-refractivity contribution in [1.29, 1.82) is 0 Å². The zero-order valence-electron chi connectivity index (χ0n) is 15.0. The van der Waals surface area contributed by atoms with Crippen molar-refractivity contribution in [2.75, 3.05) is 5.32 Å². The van der Waals surface area contributed by atoms with E-state index in [1.807, 2.05) is 30.8 Å². The first kappa shape index (κ1) is 17.0. The Morgan fingerprint density at radius 1 is 1.28 bits per heavy atom. The molecule has 0 saturated heterocycles. The number of imidazole rings is 1. The van der Waals surface area contributed by atoms with Crippen LogP contribution in [-0.4, -0.2) is 25.2 Å². The number of benzene rings is 1. The Hall–Kier alpha value is -2.89. The van der Waals surface area contributed by atoms with Gasteiger partial charge in [0.25, 0.3) is 0 Å². The van der Waals surface area contributed by atoms with Crippen LogP contribution in [0.25, 0.3) is 11.3 Å². The number of aryl methyl sites for hydroxylation is 2. The molecule has 1 N–H and O–H groups in total. The molecule has 0 bridgehead atoms. The van der Waals surface area contributed by atoms with E-state index in [0.717, 1.165) is 11.3 Å². The predicted octanol–water partition coefficient (Wildman–Crippen LogP) is 3.49. The van der Waals surface area contributed by atoms with E-state index in [9.17, 15) is 4.79 Å². The van der Waals surface area contributed by atoms with Gasteiger partial charge in [0.2, 0.25) is 11.9 Å². The van der Waals surface area contributed by atoms with Crippen molar-refractivity contribution in [2.24, 2.45) is 7.05 Å². The van der Waals surface area contributed by atoms with Gasteiger partial charge in [0, 0.05) is 31.4 Å². The van der Waals surface area contributed by atoms with Gasteiger partial charge in [0.05, 0.1) is 17.9 Å². The van der Waals surface area contributed by atoms with Gasteiger partial charge in [-0.15, -0.1) is 0 Å². The number of anilines is 1. The molecule has 0 aliphatic rings. The summed E-state index contributed by atoms with van der Waals surface area (Å²) in [6.07, 6.45) is 5.70. The highest BCUT2D eigenvalue weighted by molar-refractivity contribution is 5.89. The van der Waals surface area contributed by atoms with Crippen molar-refractivity contribution in [1.82, 2.24) is 19.3 Å². The van der Waals surface area contributed by atoms with Gasteiger partial charge < -0.3 is 4.57 Å². The molecule has 0 fully saturated rings. The first-order valence-corrected chi connectivity index (χ1v) is 8.34. The number of carbonyl (C=O) groups excluding carboxylic acids is 1. The Labute approximate surface area is 147 Å². The van der Waals surface area contributed by atoms with E-state index in [1.165, 1.54) is 11.1 Å². The maximum Gasteiger partial charge on any atom is 0.228 e. The number of hydrogen-bond acceptors (Lipinski definition) is 3. The molecule has 0 radical (unpaired) electrons. The summed E-state index contributed by atoms with van der Waals surface area (Å²) in [6.45, 7) is 6.15. The third-order valence-electron chi connectivity index (χ3n) is 4.50. The zero-order valence-corrected chi connectivity index (χ0v) is 15.0. The largest absolute Gasteiger partial charge is 0.313 e. The monoisotopic (exact) mass is 337 g/mol. The van der Waals surface area contributed by atoms with E-state index in [1.54, 1.807) is 17.1 Å². The highest BCUT2D eigenvalue weighted by Gasteiger charge is 2.15. The van der Waals surface area contributed by atoms with Crippen molar-refractivity contribution < 1.29 is 4.79 Å². The van der Waals surface area contributed by atoms with Gasteiger partial charge >= 0.3 is 0 Å². The summed E-state index contributed by atoms with van der Waals surface area (Å²) in [7, 11) is 1.91. The minimum Gasteiger partial charge on any atom is -0.313 e. The first-order chi connectivity index (χ1) is 12.0. The lowest BCUT2D eigenvalue weighted by molar-refractivity contribution is -0.116. The summed E-state index contributed by atoms with van der Waals surface area (Å²) in [6, 6.07) is 8.15. The Kier molecular flexibility index (Phi) is 4.70. The van der Waals surface area contributed by atoms with Crippen molar-refractivity contribution in [3.63, 3.8) is 0 Å². The second kappa shape index (κ2) is 6.93. The van der Waals surface area contributed by atoms with E-state index in [-0.39, 0.29) is 11.9 Å². The van der Waals surface area contributed by atoms with Gasteiger partial charge in [-0.2, -0.15) is 5.10 Å². The number of aromatic nitrogens is 4. The molecule has 0 aliphatic carbocycles. The summed E-state index contributed by atoms with van der Waals surface area (Å²) in [5.74, 6) is 0.467. The SMILES string of the molecule is Cc1ccc(-c2cnc(NC(=O)C[C@H](C)n3cccn3)n2C)cc1C. The molecule has 0 unspecified atom stereocenters. The summed E-state index contributed by atoms with van der Waals surface area (Å²) < 4.78 is 3.68. The fraction of sp³-hybridized carbons (Fsp3) is 0.316. The molecule has 1 amide bonds. The smallest absolute Gasteiger partial charge is 0.228 e. The standard InChI is InChI=1S/C19H23N5O/c1-13-6-7-16(10-14(13)2)17-12-20-19(23(17)4)22-18(25)11-15(3)24-9-5-8-21-24/h5-10,12,15H,11H2,1-4H3,(H,20,22,25)/t15-/m0/s1. The molecule has 6 heteroatoms. The van der Waals surface area contributed by atoms with Crippen LogP contribution in [0.1, 0.15) is 30.5 Å². The van der Waals surface area contributed by atoms with Gasteiger partial charge in [-0.25, -0.2) is 4.98 Å². The maximum atomic E-state index is 12.3. The molecule has 0 saturated carbocycles. The van der Waals surface area contributed by atoms with Crippen molar-refractivity contribution in [3.05, 3.63) is 54.0 Å².